The van der Waals surface area contributed by atoms with E-state index in [9.17, 15) is 36.5 Å². The quantitative estimate of drug-likeness (QED) is 0.330. The van der Waals surface area contributed by atoms with Crippen molar-refractivity contribution >= 4 is 39.0 Å². The largest absolute Gasteiger partial charge is 0.462 e. The summed E-state index contributed by atoms with van der Waals surface area (Å²) in [5, 5.41) is 10.6. The summed E-state index contributed by atoms with van der Waals surface area (Å²) < 4.78 is 71.2. The molecule has 0 amide bonds. The minimum Gasteiger partial charge on any atom is -0.462 e. The van der Waals surface area contributed by atoms with Crippen LogP contribution < -0.4 is 4.31 Å². The number of sulfonamides is 1. The Morgan fingerprint density at radius 2 is 1.87 bits per heavy atom. The number of ether oxygens (including phenoxy) is 1. The topological polar surface area (TPSA) is 107 Å². The van der Waals surface area contributed by atoms with Gasteiger partial charge in [0.2, 0.25) is 0 Å². The molecule has 0 aromatic heterocycles. The number of halogens is 4. The molecule has 8 nitrogen and oxygen atoms in total. The molecule has 0 aliphatic heterocycles. The molecule has 0 atom stereocenters. The maximum absolute atomic E-state index is 13.2. The Kier molecular flexibility index (Phi) is 7.17. The molecule has 0 saturated carbocycles. The Morgan fingerprint density at radius 1 is 1.23 bits per heavy atom. The highest BCUT2D eigenvalue weighted by molar-refractivity contribution is 7.92. The van der Waals surface area contributed by atoms with E-state index in [4.69, 9.17) is 16.3 Å². The zero-order valence-corrected chi connectivity index (χ0v) is 17.7. The molecule has 0 fully saturated rings. The van der Waals surface area contributed by atoms with Crippen LogP contribution in [0.3, 0.4) is 0 Å². The van der Waals surface area contributed by atoms with E-state index in [1.165, 1.54) is 13.8 Å². The van der Waals surface area contributed by atoms with Gasteiger partial charge in [0.1, 0.15) is 6.54 Å². The fourth-order valence-electron chi connectivity index (χ4n) is 2.48. The molecule has 0 saturated heterocycles. The zero-order valence-electron chi connectivity index (χ0n) is 16.1. The third-order valence-electron chi connectivity index (χ3n) is 3.80. The predicted octanol–water partition coefficient (Wildman–Crippen LogP) is 4.41. The number of alkyl halides is 3. The second-order valence-electron chi connectivity index (χ2n) is 6.47. The normalized spacial score (nSPS) is 12.0. The van der Waals surface area contributed by atoms with Crippen LogP contribution in [0.4, 0.5) is 24.5 Å². The van der Waals surface area contributed by atoms with E-state index in [0.717, 1.165) is 30.3 Å². The summed E-state index contributed by atoms with van der Waals surface area (Å²) in [6.07, 6.45) is -5.45. The van der Waals surface area contributed by atoms with Crippen molar-refractivity contribution in [3.63, 3.8) is 0 Å². The van der Waals surface area contributed by atoms with Gasteiger partial charge in [-0.2, -0.15) is 13.2 Å². The number of rotatable bonds is 7. The first-order chi connectivity index (χ1) is 14.2. The van der Waals surface area contributed by atoms with Crippen molar-refractivity contribution in [1.29, 1.82) is 0 Å². The molecule has 0 bridgehead atoms. The Bertz CT molecular complexity index is 1110. The molecule has 2 aromatic carbocycles. The van der Waals surface area contributed by atoms with Gasteiger partial charge in [-0.25, -0.2) is 8.42 Å². The van der Waals surface area contributed by atoms with Crippen LogP contribution in [-0.4, -0.2) is 32.0 Å². The first-order valence-corrected chi connectivity index (χ1v) is 10.4. The highest BCUT2D eigenvalue weighted by atomic mass is 35.5. The summed E-state index contributed by atoms with van der Waals surface area (Å²) in [7, 11) is -4.75. The maximum atomic E-state index is 13.2. The highest BCUT2D eigenvalue weighted by Crippen LogP contribution is 2.37. The van der Waals surface area contributed by atoms with Crippen LogP contribution in [0.25, 0.3) is 0 Å². The van der Waals surface area contributed by atoms with E-state index in [2.05, 4.69) is 0 Å². The number of non-ortho nitro benzene ring substituents is 1. The van der Waals surface area contributed by atoms with Crippen molar-refractivity contribution < 1.29 is 36.0 Å². The smallest absolute Gasteiger partial charge is 0.416 e. The van der Waals surface area contributed by atoms with Gasteiger partial charge in [0.15, 0.2) is 0 Å². The number of nitro benzene ring substituents is 1. The van der Waals surface area contributed by atoms with Crippen LogP contribution in [0.2, 0.25) is 5.02 Å². The second kappa shape index (κ2) is 9.10. The van der Waals surface area contributed by atoms with E-state index in [-0.39, 0.29) is 5.02 Å². The van der Waals surface area contributed by atoms with Gasteiger partial charge in [-0.05, 0) is 38.1 Å². The second-order valence-corrected chi connectivity index (χ2v) is 8.74. The first-order valence-electron chi connectivity index (χ1n) is 8.57. The Morgan fingerprint density at radius 3 is 2.42 bits per heavy atom. The lowest BCUT2D eigenvalue weighted by Crippen LogP contribution is -2.37. The molecule has 0 spiro atoms. The number of nitro groups is 1. The van der Waals surface area contributed by atoms with E-state index < -0.39 is 61.6 Å². The number of hydrogen-bond donors (Lipinski definition) is 0. The summed E-state index contributed by atoms with van der Waals surface area (Å²) in [6.45, 7) is 1.98. The highest BCUT2D eigenvalue weighted by Gasteiger charge is 2.35. The third-order valence-corrected chi connectivity index (χ3v) is 5.87. The Hall–Kier alpha value is -2.86. The fourth-order valence-corrected chi connectivity index (χ4v) is 4.21. The van der Waals surface area contributed by atoms with Gasteiger partial charge in [-0.1, -0.05) is 17.7 Å². The molecule has 0 radical (unpaired) electrons. The number of nitrogens with zero attached hydrogens (tertiary/aromatic N) is 2. The van der Waals surface area contributed by atoms with Crippen LogP contribution >= 0.6 is 11.6 Å². The number of esters is 1. The lowest BCUT2D eigenvalue weighted by molar-refractivity contribution is -0.385. The van der Waals surface area contributed by atoms with Crippen molar-refractivity contribution in [2.45, 2.75) is 31.0 Å². The molecule has 0 aliphatic rings. The van der Waals surface area contributed by atoms with Crippen molar-refractivity contribution in [2.75, 3.05) is 10.8 Å². The lowest BCUT2D eigenvalue weighted by atomic mass is 10.2. The summed E-state index contributed by atoms with van der Waals surface area (Å²) in [5.41, 5.74) is -2.41. The van der Waals surface area contributed by atoms with Gasteiger partial charge < -0.3 is 4.74 Å². The molecule has 0 N–H and O–H groups in total. The molecule has 0 aliphatic carbocycles. The van der Waals surface area contributed by atoms with Crippen molar-refractivity contribution in [3.05, 3.63) is 63.2 Å². The minimum atomic E-state index is -4.82. The van der Waals surface area contributed by atoms with Gasteiger partial charge in [0.05, 0.1) is 32.2 Å². The fraction of sp³-hybridized carbons (Fsp3) is 0.278. The van der Waals surface area contributed by atoms with E-state index >= 15 is 0 Å². The average molecular weight is 481 g/mol. The summed E-state index contributed by atoms with van der Waals surface area (Å²) in [5.74, 6) is -1.06. The SMILES string of the molecule is CC(C)OC(=O)CN(c1cc(C(F)(F)F)ccc1Cl)S(=O)(=O)c1cccc([N+](=O)[O-])c1. The van der Waals surface area contributed by atoms with Crippen molar-refractivity contribution in [1.82, 2.24) is 0 Å². The van der Waals surface area contributed by atoms with E-state index in [0.29, 0.717) is 16.4 Å². The maximum Gasteiger partial charge on any atom is 0.416 e. The van der Waals surface area contributed by atoms with Crippen molar-refractivity contribution in [3.8, 4) is 0 Å². The number of benzene rings is 2. The van der Waals surface area contributed by atoms with E-state index in [1.54, 1.807) is 0 Å². The van der Waals surface area contributed by atoms with Crippen molar-refractivity contribution in [2.24, 2.45) is 0 Å². The zero-order chi connectivity index (χ0) is 23.6. The first kappa shape index (κ1) is 24.4. The monoisotopic (exact) mass is 480 g/mol. The predicted molar refractivity (Wildman–Crippen MR) is 105 cm³/mol. The minimum absolute atomic E-state index is 0.328. The van der Waals surface area contributed by atoms with Crippen LogP contribution in [-0.2, 0) is 25.7 Å². The molecular formula is C18H16ClF3N2O6S. The summed E-state index contributed by atoms with van der Waals surface area (Å²) in [4.78, 5) is 21.7. The molecule has 31 heavy (non-hydrogen) atoms. The molecular weight excluding hydrogens is 465 g/mol. The number of anilines is 1. The average Bonchev–Trinajstić information content (AvgIpc) is 2.65. The van der Waals surface area contributed by atoms with Gasteiger partial charge >= 0.3 is 12.1 Å². The molecule has 2 rings (SSSR count). The lowest BCUT2D eigenvalue weighted by Gasteiger charge is -2.25. The molecule has 13 heteroatoms. The van der Waals surface area contributed by atoms with Crippen LogP contribution in [0.15, 0.2) is 47.4 Å². The molecule has 0 heterocycles. The molecule has 2 aromatic rings. The van der Waals surface area contributed by atoms with Crippen LogP contribution in [0, 0.1) is 10.1 Å². The van der Waals surface area contributed by atoms with Crippen LogP contribution in [0.1, 0.15) is 19.4 Å². The number of hydrogen-bond acceptors (Lipinski definition) is 6. The van der Waals surface area contributed by atoms with Gasteiger partial charge in [0, 0.05) is 12.1 Å². The van der Waals surface area contributed by atoms with E-state index in [1.807, 2.05) is 0 Å². The van der Waals surface area contributed by atoms with Gasteiger partial charge in [-0.3, -0.25) is 19.2 Å². The molecule has 0 unspecified atom stereocenters. The Balaban J connectivity index is 2.68. The standard InChI is InChI=1S/C18H16ClF3N2O6S/c1-11(2)30-17(25)10-23(16-8-12(18(20,21)22)6-7-15(16)19)31(28,29)14-5-3-4-13(9-14)24(26)27/h3-9,11H,10H2,1-2H3. The summed E-state index contributed by atoms with van der Waals surface area (Å²) >= 11 is 5.97. The molecule has 168 valence electrons. The van der Waals surface area contributed by atoms with Gasteiger partial charge in [-0.15, -0.1) is 0 Å². The summed E-state index contributed by atoms with van der Waals surface area (Å²) in [6, 6.07) is 5.80. The number of carbonyl (C=O) groups is 1. The third kappa shape index (κ3) is 5.85. The van der Waals surface area contributed by atoms with Gasteiger partial charge in [0.25, 0.3) is 15.7 Å². The Labute approximate surface area is 180 Å². The van der Waals surface area contributed by atoms with Crippen LogP contribution in [0.5, 0.6) is 0 Å². The number of carbonyl (C=O) groups excluding carboxylic acids is 1.